The minimum atomic E-state index is -1.46. The molecule has 4 rings (SSSR count). The molecule has 2 fully saturated rings. The zero-order valence-electron chi connectivity index (χ0n) is 19.7. The quantitative estimate of drug-likeness (QED) is 0.621. The number of nitrogens with zero attached hydrogens (tertiary/aromatic N) is 3. The van der Waals surface area contributed by atoms with Gasteiger partial charge in [-0.25, -0.2) is 18.0 Å². The number of hydrogen-bond acceptors (Lipinski definition) is 3. The van der Waals surface area contributed by atoms with Gasteiger partial charge in [0.2, 0.25) is 0 Å². The average molecular weight is 475 g/mol. The van der Waals surface area contributed by atoms with Gasteiger partial charge in [-0.15, -0.1) is 0 Å². The van der Waals surface area contributed by atoms with Crippen LogP contribution in [0.3, 0.4) is 0 Å². The molecule has 2 aliphatic heterocycles. The molecule has 1 N–H and O–H groups in total. The van der Waals surface area contributed by atoms with E-state index >= 15 is 0 Å². The Morgan fingerprint density at radius 2 is 1.68 bits per heavy atom. The molecule has 0 aliphatic carbocycles. The average Bonchev–Trinajstić information content (AvgIpc) is 2.84. The number of amides is 2. The topological polar surface area (TPSA) is 38.8 Å². The van der Waals surface area contributed by atoms with Gasteiger partial charge in [0, 0.05) is 56.6 Å². The molecule has 0 unspecified atom stereocenters. The van der Waals surface area contributed by atoms with Crippen molar-refractivity contribution in [1.29, 1.82) is 0 Å². The summed E-state index contributed by atoms with van der Waals surface area (Å²) in [5, 5.41) is 3.04. The molecule has 2 amide bonds. The van der Waals surface area contributed by atoms with Gasteiger partial charge in [-0.1, -0.05) is 30.3 Å². The Morgan fingerprint density at radius 1 is 1.00 bits per heavy atom. The first-order valence-corrected chi connectivity index (χ1v) is 12.1. The second-order valence-electron chi connectivity index (χ2n) is 9.44. The van der Waals surface area contributed by atoms with Crippen LogP contribution in [0.15, 0.2) is 42.5 Å². The van der Waals surface area contributed by atoms with Crippen molar-refractivity contribution in [2.45, 2.75) is 38.8 Å². The lowest BCUT2D eigenvalue weighted by molar-refractivity contribution is 0.168. The predicted molar refractivity (Wildman–Crippen MR) is 127 cm³/mol. The number of nitrogens with one attached hydrogen (secondary N) is 1. The molecule has 2 aromatic carbocycles. The van der Waals surface area contributed by atoms with Gasteiger partial charge in [0.05, 0.1) is 0 Å². The van der Waals surface area contributed by atoms with Gasteiger partial charge < -0.3 is 15.1 Å². The third-order valence-electron chi connectivity index (χ3n) is 7.00. The van der Waals surface area contributed by atoms with Crippen molar-refractivity contribution in [2.75, 3.05) is 44.2 Å². The Morgan fingerprint density at radius 3 is 2.32 bits per heavy atom. The van der Waals surface area contributed by atoms with Crippen molar-refractivity contribution in [1.82, 2.24) is 15.1 Å². The van der Waals surface area contributed by atoms with E-state index in [2.05, 4.69) is 34.5 Å². The monoisotopic (exact) mass is 474 g/mol. The van der Waals surface area contributed by atoms with Crippen LogP contribution in [0.5, 0.6) is 0 Å². The summed E-state index contributed by atoms with van der Waals surface area (Å²) < 4.78 is 40.5. The maximum Gasteiger partial charge on any atom is 0.317 e. The molecule has 2 aliphatic rings. The summed E-state index contributed by atoms with van der Waals surface area (Å²) in [4.78, 5) is 18.7. The highest BCUT2D eigenvalue weighted by atomic mass is 19.2. The van der Waals surface area contributed by atoms with E-state index in [4.69, 9.17) is 0 Å². The summed E-state index contributed by atoms with van der Waals surface area (Å²) in [6, 6.07) is 12.3. The number of carbonyl (C=O) groups excluding carboxylic acids is 1. The number of piperazine rings is 1. The summed E-state index contributed by atoms with van der Waals surface area (Å²) in [5.41, 5.74) is 1.64. The van der Waals surface area contributed by atoms with Crippen LogP contribution in [-0.4, -0.2) is 61.1 Å². The zero-order chi connectivity index (χ0) is 24.1. The molecule has 0 saturated carbocycles. The van der Waals surface area contributed by atoms with Crippen LogP contribution in [0.2, 0.25) is 0 Å². The Hall–Kier alpha value is -2.74. The van der Waals surface area contributed by atoms with Gasteiger partial charge in [0.1, 0.15) is 0 Å². The molecular weight excluding hydrogens is 441 g/mol. The summed E-state index contributed by atoms with van der Waals surface area (Å²) in [7, 11) is 0. The second-order valence-corrected chi connectivity index (χ2v) is 9.44. The number of likely N-dealkylation sites (tertiary alicyclic amines) is 1. The highest BCUT2D eigenvalue weighted by molar-refractivity contribution is 5.74. The highest BCUT2D eigenvalue weighted by Crippen LogP contribution is 2.25. The van der Waals surface area contributed by atoms with E-state index in [1.807, 2.05) is 13.0 Å². The third-order valence-corrected chi connectivity index (χ3v) is 7.00. The Kier molecular flexibility index (Phi) is 7.98. The van der Waals surface area contributed by atoms with E-state index in [0.29, 0.717) is 37.8 Å². The van der Waals surface area contributed by atoms with Crippen molar-refractivity contribution in [3.63, 3.8) is 0 Å². The number of urea groups is 1. The van der Waals surface area contributed by atoms with Crippen LogP contribution in [0.1, 0.15) is 31.7 Å². The molecule has 0 radical (unpaired) electrons. The molecular formula is C26H33F3N4O. The van der Waals surface area contributed by atoms with Crippen molar-refractivity contribution >= 4 is 11.7 Å². The predicted octanol–water partition coefficient (Wildman–Crippen LogP) is 4.63. The number of hydrogen-bond donors (Lipinski definition) is 1. The van der Waals surface area contributed by atoms with Gasteiger partial charge in [0.25, 0.3) is 0 Å². The molecule has 8 heteroatoms. The molecule has 2 heterocycles. The number of anilines is 1. The molecule has 0 spiro atoms. The third kappa shape index (κ3) is 6.03. The fourth-order valence-electron chi connectivity index (χ4n) is 5.00. The smallest absolute Gasteiger partial charge is 0.317 e. The van der Waals surface area contributed by atoms with Gasteiger partial charge >= 0.3 is 6.03 Å². The number of carbonyl (C=O) groups is 1. The molecule has 0 bridgehead atoms. The van der Waals surface area contributed by atoms with Crippen LogP contribution < -0.4 is 10.2 Å². The van der Waals surface area contributed by atoms with E-state index in [1.165, 1.54) is 5.56 Å². The molecule has 34 heavy (non-hydrogen) atoms. The number of rotatable bonds is 6. The van der Waals surface area contributed by atoms with E-state index in [0.717, 1.165) is 51.0 Å². The van der Waals surface area contributed by atoms with Crippen molar-refractivity contribution in [2.24, 2.45) is 5.92 Å². The standard InChI is InChI=1S/C26H33F3N4O/c1-19-17-32(13-14-33(19)22-15-23(27)25(29)24(28)16-22)26(34)30-10-7-20-8-11-31(12-9-20)18-21-5-3-2-4-6-21/h2-6,15-16,19-20H,7-14,17-18H2,1H3,(H,30,34)/t19-/m0/s1. The normalized spacial score (nSPS) is 19.9. The summed E-state index contributed by atoms with van der Waals surface area (Å²) in [6.07, 6.45) is 3.25. The molecule has 1 atom stereocenters. The van der Waals surface area contributed by atoms with Gasteiger partial charge in [-0.3, -0.25) is 4.90 Å². The van der Waals surface area contributed by atoms with Crippen LogP contribution in [0, 0.1) is 23.4 Å². The molecule has 2 saturated heterocycles. The SMILES string of the molecule is C[C@H]1CN(C(=O)NCCC2CCN(Cc3ccccc3)CC2)CCN1c1cc(F)c(F)c(F)c1. The van der Waals surface area contributed by atoms with Crippen LogP contribution in [-0.2, 0) is 6.54 Å². The number of piperidine rings is 1. The molecule has 5 nitrogen and oxygen atoms in total. The van der Waals surface area contributed by atoms with E-state index < -0.39 is 17.5 Å². The lowest BCUT2D eigenvalue weighted by Crippen LogP contribution is -2.56. The Bertz CT molecular complexity index is 943. The molecule has 184 valence electrons. The summed E-state index contributed by atoms with van der Waals surface area (Å²) in [5.74, 6) is -3.25. The summed E-state index contributed by atoms with van der Waals surface area (Å²) >= 11 is 0. The summed E-state index contributed by atoms with van der Waals surface area (Å²) in [6.45, 7) is 6.99. The fourth-order valence-corrected chi connectivity index (χ4v) is 5.00. The molecule has 0 aromatic heterocycles. The fraction of sp³-hybridized carbons (Fsp3) is 0.500. The first-order chi connectivity index (χ1) is 16.4. The van der Waals surface area contributed by atoms with Crippen LogP contribution in [0.25, 0.3) is 0 Å². The van der Waals surface area contributed by atoms with Crippen molar-refractivity contribution in [3.8, 4) is 0 Å². The Labute approximate surface area is 199 Å². The van der Waals surface area contributed by atoms with E-state index in [9.17, 15) is 18.0 Å². The number of benzene rings is 2. The molecule has 2 aromatic rings. The first kappa shape index (κ1) is 24.4. The minimum Gasteiger partial charge on any atom is -0.365 e. The van der Waals surface area contributed by atoms with Crippen molar-refractivity contribution < 1.29 is 18.0 Å². The van der Waals surface area contributed by atoms with Crippen LogP contribution >= 0.6 is 0 Å². The van der Waals surface area contributed by atoms with Crippen LogP contribution in [0.4, 0.5) is 23.7 Å². The van der Waals surface area contributed by atoms with Gasteiger partial charge in [-0.05, 0) is 50.8 Å². The largest absolute Gasteiger partial charge is 0.365 e. The lowest BCUT2D eigenvalue weighted by atomic mass is 9.93. The zero-order valence-corrected chi connectivity index (χ0v) is 19.7. The number of halogens is 3. The second kappa shape index (κ2) is 11.1. The first-order valence-electron chi connectivity index (χ1n) is 12.1. The van der Waals surface area contributed by atoms with E-state index in [1.54, 1.807) is 9.80 Å². The van der Waals surface area contributed by atoms with Gasteiger partial charge in [-0.2, -0.15) is 0 Å². The maximum absolute atomic E-state index is 13.6. The van der Waals surface area contributed by atoms with Crippen molar-refractivity contribution in [3.05, 3.63) is 65.5 Å². The lowest BCUT2D eigenvalue weighted by Gasteiger charge is -2.41. The Balaban J connectivity index is 1.17. The highest BCUT2D eigenvalue weighted by Gasteiger charge is 2.28. The minimum absolute atomic E-state index is 0.107. The maximum atomic E-state index is 13.6. The van der Waals surface area contributed by atoms with Gasteiger partial charge in [0.15, 0.2) is 17.5 Å². The van der Waals surface area contributed by atoms with E-state index in [-0.39, 0.29) is 12.1 Å².